The molecule has 12 nitrogen and oxygen atoms in total. The van der Waals surface area contributed by atoms with Crippen molar-refractivity contribution in [1.82, 2.24) is 10.6 Å². The second-order valence-corrected chi connectivity index (χ2v) is 5.99. The van der Waals surface area contributed by atoms with Crippen molar-refractivity contribution >= 4 is 44.2 Å². The number of nitrogens with one attached hydrogen (secondary N) is 2. The molecule has 0 aromatic rings. The second-order valence-electron chi connectivity index (χ2n) is 4.46. The van der Waals surface area contributed by atoms with Gasteiger partial charge in [0.15, 0.2) is 0 Å². The maximum Gasteiger partial charge on any atom is 0.527 e. The van der Waals surface area contributed by atoms with Gasteiger partial charge in [0.05, 0.1) is 0 Å². The van der Waals surface area contributed by atoms with E-state index < -0.39 is 50.2 Å². The highest BCUT2D eigenvalue weighted by Gasteiger charge is 2.26. The molecular formula is C10H18N3O9PS. The lowest BCUT2D eigenvalue weighted by atomic mass is 10.1. The molecule has 0 aromatic heterocycles. The van der Waals surface area contributed by atoms with Crippen molar-refractivity contribution in [3.8, 4) is 0 Å². The van der Waals surface area contributed by atoms with Crippen molar-refractivity contribution in [2.24, 2.45) is 5.73 Å². The summed E-state index contributed by atoms with van der Waals surface area (Å²) in [5.74, 6) is -4.20. The van der Waals surface area contributed by atoms with Crippen LogP contribution in [0.4, 0.5) is 0 Å². The van der Waals surface area contributed by atoms with Crippen molar-refractivity contribution in [3.63, 3.8) is 0 Å². The monoisotopic (exact) mass is 387 g/mol. The molecule has 2 atom stereocenters. The van der Waals surface area contributed by atoms with Crippen LogP contribution in [0, 0.1) is 0 Å². The number of phosphoric ester groups is 1. The summed E-state index contributed by atoms with van der Waals surface area (Å²) in [6.07, 6.45) is -0.630. The van der Waals surface area contributed by atoms with E-state index in [0.717, 1.165) is 0 Å². The molecule has 2 unspecified atom stereocenters. The van der Waals surface area contributed by atoms with Crippen LogP contribution in [0.3, 0.4) is 0 Å². The van der Waals surface area contributed by atoms with Crippen molar-refractivity contribution in [2.75, 3.05) is 12.3 Å². The molecule has 0 bridgehead atoms. The van der Waals surface area contributed by atoms with Crippen LogP contribution >= 0.6 is 20.5 Å². The van der Waals surface area contributed by atoms with Crippen molar-refractivity contribution in [2.45, 2.75) is 24.9 Å². The smallest absolute Gasteiger partial charge is 0.480 e. The molecule has 14 heteroatoms. The van der Waals surface area contributed by atoms with E-state index in [9.17, 15) is 23.7 Å². The maximum absolute atomic E-state index is 11.7. The summed E-state index contributed by atoms with van der Waals surface area (Å²) in [7, 11) is -5.02. The van der Waals surface area contributed by atoms with Gasteiger partial charge < -0.3 is 26.0 Å². The van der Waals surface area contributed by atoms with Gasteiger partial charge in [0, 0.05) is 12.2 Å². The van der Waals surface area contributed by atoms with Crippen LogP contribution in [0.2, 0.25) is 0 Å². The van der Waals surface area contributed by atoms with Gasteiger partial charge in [0.1, 0.15) is 18.6 Å². The first-order valence-electron chi connectivity index (χ1n) is 6.40. The van der Waals surface area contributed by atoms with Gasteiger partial charge in [-0.25, -0.2) is 9.36 Å². The molecule has 0 rings (SSSR count). The van der Waals surface area contributed by atoms with Gasteiger partial charge >= 0.3 is 19.8 Å². The number of aliphatic carboxylic acids is 1. The normalized spacial score (nSPS) is 13.5. The molecule has 0 spiro atoms. The number of hydrogen-bond acceptors (Lipinski definition) is 8. The van der Waals surface area contributed by atoms with Crippen molar-refractivity contribution in [1.29, 1.82) is 0 Å². The highest BCUT2D eigenvalue weighted by atomic mass is 32.1. The van der Waals surface area contributed by atoms with Crippen molar-refractivity contribution in [3.05, 3.63) is 0 Å². The number of hydrogen-bond donors (Lipinski definition) is 7. The second kappa shape index (κ2) is 10.3. The summed E-state index contributed by atoms with van der Waals surface area (Å²) in [6.45, 7) is -0.627. The fourth-order valence-electron chi connectivity index (χ4n) is 1.34. The molecule has 0 radical (unpaired) electrons. The summed E-state index contributed by atoms with van der Waals surface area (Å²) >= 11 is 3.85. The topological polar surface area (TPSA) is 205 Å². The lowest BCUT2D eigenvalue weighted by Crippen LogP contribution is -2.49. The third-order valence-electron chi connectivity index (χ3n) is 2.44. The van der Waals surface area contributed by atoms with Crippen LogP contribution in [-0.2, 0) is 28.3 Å². The molecule has 0 heterocycles. The zero-order valence-electron chi connectivity index (χ0n) is 12.2. The van der Waals surface area contributed by atoms with Crippen LogP contribution in [0.25, 0.3) is 0 Å². The minimum Gasteiger partial charge on any atom is -0.480 e. The molecule has 2 amide bonds. The van der Waals surface area contributed by atoms with Crippen LogP contribution in [0.5, 0.6) is 0 Å². The van der Waals surface area contributed by atoms with E-state index in [1.807, 2.05) is 0 Å². The van der Waals surface area contributed by atoms with E-state index >= 15 is 0 Å². The largest absolute Gasteiger partial charge is 0.527 e. The number of amides is 2. The quantitative estimate of drug-likeness (QED) is 0.153. The number of nitrogens with two attached hydrogens (primary N) is 1. The standard InChI is InChI=1S/C10H18N3O9PS/c11-5(10(18)22-23(19,20)21)1-2-7(14)13-6(4-24)9(17)12-3-8(15)16/h5-6,24H,1-4,11H2,(H,12,17)(H,13,14)(H,15,16)(H2,19,20,21). The van der Waals surface area contributed by atoms with Crippen molar-refractivity contribution < 1.29 is 43.2 Å². The van der Waals surface area contributed by atoms with Gasteiger partial charge in [0.25, 0.3) is 0 Å². The van der Waals surface area contributed by atoms with Gasteiger partial charge in [0.2, 0.25) is 11.8 Å². The highest BCUT2D eigenvalue weighted by molar-refractivity contribution is 7.80. The van der Waals surface area contributed by atoms with Gasteiger partial charge in [-0.15, -0.1) is 0 Å². The molecule has 0 fully saturated rings. The van der Waals surface area contributed by atoms with Gasteiger partial charge in [-0.3, -0.25) is 24.2 Å². The molecule has 138 valence electrons. The average Bonchev–Trinajstić information content (AvgIpc) is 2.45. The van der Waals surface area contributed by atoms with E-state index in [0.29, 0.717) is 0 Å². The molecule has 0 saturated carbocycles. The Kier molecular flexibility index (Phi) is 9.55. The molecule has 7 N–H and O–H groups in total. The number of phosphoric acid groups is 1. The maximum atomic E-state index is 11.7. The summed E-state index contributed by atoms with van der Waals surface area (Å²) in [4.78, 5) is 61.7. The SMILES string of the molecule is NC(CCC(=O)NC(CS)C(=O)NCC(=O)O)C(=O)OP(=O)(O)O. The molecule has 0 aliphatic rings. The summed E-state index contributed by atoms with van der Waals surface area (Å²) < 4.78 is 14.2. The number of carbonyl (C=O) groups is 4. The van der Waals surface area contributed by atoms with Crippen LogP contribution < -0.4 is 16.4 Å². The Labute approximate surface area is 141 Å². The summed E-state index contributed by atoms with van der Waals surface area (Å²) in [5, 5.41) is 12.8. The van der Waals surface area contributed by atoms with E-state index in [-0.39, 0.29) is 18.6 Å². The minimum atomic E-state index is -5.02. The molecule has 0 aromatic carbocycles. The van der Waals surface area contributed by atoms with Gasteiger partial charge in [-0.05, 0) is 6.42 Å². The predicted octanol–water partition coefficient (Wildman–Crippen LogP) is -2.65. The van der Waals surface area contributed by atoms with E-state index in [1.54, 1.807) is 0 Å². The Morgan fingerprint density at radius 1 is 1.25 bits per heavy atom. The van der Waals surface area contributed by atoms with E-state index in [4.69, 9.17) is 20.6 Å². The van der Waals surface area contributed by atoms with Crippen LogP contribution in [0.15, 0.2) is 0 Å². The first kappa shape index (κ1) is 22.3. The van der Waals surface area contributed by atoms with Gasteiger partial charge in [-0.2, -0.15) is 12.6 Å². The van der Waals surface area contributed by atoms with Crippen LogP contribution in [-0.4, -0.2) is 63.0 Å². The lowest BCUT2D eigenvalue weighted by molar-refractivity contribution is -0.138. The minimum absolute atomic E-state index is 0.108. The lowest BCUT2D eigenvalue weighted by Gasteiger charge is -2.16. The molecule has 0 aliphatic heterocycles. The van der Waals surface area contributed by atoms with E-state index in [2.05, 4.69) is 27.8 Å². The zero-order chi connectivity index (χ0) is 18.9. The van der Waals surface area contributed by atoms with Crippen LogP contribution in [0.1, 0.15) is 12.8 Å². The molecular weight excluding hydrogens is 369 g/mol. The first-order chi connectivity index (χ1) is 11.0. The Bertz CT molecular complexity index is 538. The Hall–Kier alpha value is -1.66. The Balaban J connectivity index is 4.35. The number of thiol groups is 1. The number of carboxylic acids is 1. The number of carbonyl (C=O) groups excluding carboxylic acids is 3. The molecule has 0 saturated heterocycles. The fourth-order valence-corrected chi connectivity index (χ4v) is 1.96. The Morgan fingerprint density at radius 3 is 2.29 bits per heavy atom. The number of carboxylic acid groups (broad SMARTS) is 1. The zero-order valence-corrected chi connectivity index (χ0v) is 14.0. The third kappa shape index (κ3) is 10.2. The first-order valence-corrected chi connectivity index (χ1v) is 8.56. The molecule has 24 heavy (non-hydrogen) atoms. The predicted molar refractivity (Wildman–Crippen MR) is 81.8 cm³/mol. The highest BCUT2D eigenvalue weighted by Crippen LogP contribution is 2.36. The summed E-state index contributed by atoms with van der Waals surface area (Å²) in [5.41, 5.74) is 5.32. The third-order valence-corrected chi connectivity index (χ3v) is 3.23. The summed E-state index contributed by atoms with van der Waals surface area (Å²) in [6, 6.07) is -2.54. The number of rotatable bonds is 10. The molecule has 0 aliphatic carbocycles. The van der Waals surface area contributed by atoms with E-state index in [1.165, 1.54) is 0 Å². The fraction of sp³-hybridized carbons (Fsp3) is 0.600. The van der Waals surface area contributed by atoms with Gasteiger partial charge in [-0.1, -0.05) is 0 Å². The average molecular weight is 387 g/mol. The Morgan fingerprint density at radius 2 is 1.83 bits per heavy atom.